The largest absolute Gasteiger partial charge is 0.483 e. The zero-order valence-electron chi connectivity index (χ0n) is 16.6. The van der Waals surface area contributed by atoms with Crippen LogP contribution in [0, 0.1) is 20.8 Å². The number of amides is 1. The minimum absolute atomic E-state index is 0.0464. The van der Waals surface area contributed by atoms with E-state index in [9.17, 15) is 13.2 Å². The second-order valence-electron chi connectivity index (χ2n) is 6.82. The lowest BCUT2D eigenvalue weighted by molar-refractivity contribution is -0.119. The summed E-state index contributed by atoms with van der Waals surface area (Å²) in [6, 6.07) is 20.6. The Kier molecular flexibility index (Phi) is 6.03. The van der Waals surface area contributed by atoms with Gasteiger partial charge in [-0.3, -0.25) is 4.79 Å². The molecule has 3 aromatic rings. The second kappa shape index (κ2) is 8.49. The summed E-state index contributed by atoms with van der Waals surface area (Å²) in [5, 5.41) is 0. The van der Waals surface area contributed by atoms with E-state index in [1.54, 1.807) is 49.4 Å². The van der Waals surface area contributed by atoms with Crippen LogP contribution in [0.15, 0.2) is 77.7 Å². The number of sulfonamides is 1. The van der Waals surface area contributed by atoms with E-state index >= 15 is 0 Å². The number of aryl methyl sites for hydroxylation is 3. The number of carbonyl (C=O) groups excluding carboxylic acids is 1. The Bertz CT molecular complexity index is 1120. The Morgan fingerprint density at radius 1 is 0.862 bits per heavy atom. The molecule has 0 bridgehead atoms. The van der Waals surface area contributed by atoms with Gasteiger partial charge in [0.1, 0.15) is 5.75 Å². The summed E-state index contributed by atoms with van der Waals surface area (Å²) < 4.78 is 33.2. The van der Waals surface area contributed by atoms with Crippen LogP contribution in [0.2, 0.25) is 0 Å². The van der Waals surface area contributed by atoms with Crippen molar-refractivity contribution in [3.8, 4) is 5.75 Å². The van der Waals surface area contributed by atoms with Crippen LogP contribution in [0.25, 0.3) is 0 Å². The highest BCUT2D eigenvalue weighted by molar-refractivity contribution is 7.93. The third kappa shape index (κ3) is 4.49. The summed E-state index contributed by atoms with van der Waals surface area (Å²) in [6.07, 6.45) is 0. The van der Waals surface area contributed by atoms with Gasteiger partial charge in [0.15, 0.2) is 6.61 Å². The molecule has 0 saturated carbocycles. The van der Waals surface area contributed by atoms with Gasteiger partial charge in [-0.1, -0.05) is 48.5 Å². The molecule has 0 unspecified atom stereocenters. The standard InChI is InChI=1S/C23H23NO4S/c1-17-13-14-18(2)21(15-17)24(29(26,27)20-10-5-4-6-11-20)23(25)16-28-22-12-8-7-9-19(22)3/h4-15H,16H2,1-3H3. The molecular weight excluding hydrogens is 386 g/mol. The normalized spacial score (nSPS) is 11.1. The van der Waals surface area contributed by atoms with Gasteiger partial charge in [0.2, 0.25) is 0 Å². The van der Waals surface area contributed by atoms with Crippen molar-refractivity contribution in [2.45, 2.75) is 25.7 Å². The van der Waals surface area contributed by atoms with Gasteiger partial charge in [-0.15, -0.1) is 0 Å². The van der Waals surface area contributed by atoms with Crippen LogP contribution >= 0.6 is 0 Å². The molecular formula is C23H23NO4S. The fourth-order valence-corrected chi connectivity index (χ4v) is 4.44. The molecule has 5 nitrogen and oxygen atoms in total. The first-order chi connectivity index (χ1) is 13.8. The van der Waals surface area contributed by atoms with E-state index in [0.717, 1.165) is 15.4 Å². The predicted molar refractivity (Wildman–Crippen MR) is 114 cm³/mol. The average Bonchev–Trinajstić information content (AvgIpc) is 2.70. The zero-order valence-corrected chi connectivity index (χ0v) is 17.4. The first-order valence-corrected chi connectivity index (χ1v) is 10.6. The molecule has 0 atom stereocenters. The lowest BCUT2D eigenvalue weighted by Gasteiger charge is -2.25. The first-order valence-electron chi connectivity index (χ1n) is 9.19. The highest BCUT2D eigenvalue weighted by Gasteiger charge is 2.32. The number of anilines is 1. The Labute approximate surface area is 171 Å². The molecule has 0 saturated heterocycles. The van der Waals surface area contributed by atoms with Crippen LogP contribution in [0.5, 0.6) is 5.75 Å². The SMILES string of the molecule is Cc1ccc(C)c(N(C(=O)COc2ccccc2C)S(=O)(=O)c2ccccc2)c1. The molecule has 29 heavy (non-hydrogen) atoms. The van der Waals surface area contributed by atoms with E-state index in [1.165, 1.54) is 12.1 Å². The molecule has 0 N–H and O–H groups in total. The Morgan fingerprint density at radius 2 is 1.52 bits per heavy atom. The van der Waals surface area contributed by atoms with Crippen LogP contribution in [0.3, 0.4) is 0 Å². The van der Waals surface area contributed by atoms with Gasteiger partial charge >= 0.3 is 0 Å². The van der Waals surface area contributed by atoms with Crippen LogP contribution in [0.4, 0.5) is 5.69 Å². The Balaban J connectivity index is 2.02. The third-order valence-electron chi connectivity index (χ3n) is 4.54. The number of hydrogen-bond acceptors (Lipinski definition) is 4. The molecule has 150 valence electrons. The smallest absolute Gasteiger partial charge is 0.278 e. The van der Waals surface area contributed by atoms with Gasteiger partial charge < -0.3 is 4.74 Å². The first kappa shape index (κ1) is 20.6. The number of benzene rings is 3. The lowest BCUT2D eigenvalue weighted by Crippen LogP contribution is -2.40. The van der Waals surface area contributed by atoms with Crippen molar-refractivity contribution in [3.63, 3.8) is 0 Å². The summed E-state index contributed by atoms with van der Waals surface area (Å²) >= 11 is 0. The van der Waals surface area contributed by atoms with Crippen molar-refractivity contribution in [1.82, 2.24) is 0 Å². The fraction of sp³-hybridized carbons (Fsp3) is 0.174. The van der Waals surface area contributed by atoms with Gasteiger partial charge in [0.25, 0.3) is 15.9 Å². The maximum atomic E-state index is 13.4. The van der Waals surface area contributed by atoms with Crippen LogP contribution < -0.4 is 9.04 Å². The van der Waals surface area contributed by atoms with Gasteiger partial charge in [0.05, 0.1) is 10.6 Å². The predicted octanol–water partition coefficient (Wildman–Crippen LogP) is 4.41. The van der Waals surface area contributed by atoms with Crippen molar-refractivity contribution < 1.29 is 17.9 Å². The van der Waals surface area contributed by atoms with Crippen LogP contribution in [-0.4, -0.2) is 20.9 Å². The third-order valence-corrected chi connectivity index (χ3v) is 6.29. The lowest BCUT2D eigenvalue weighted by atomic mass is 10.1. The number of nitrogens with zero attached hydrogens (tertiary/aromatic N) is 1. The molecule has 1 amide bonds. The minimum Gasteiger partial charge on any atom is -0.483 e. The van der Waals surface area contributed by atoms with E-state index in [2.05, 4.69) is 0 Å². The summed E-state index contributed by atoms with van der Waals surface area (Å²) in [6.45, 7) is 5.09. The Morgan fingerprint density at radius 3 is 2.21 bits per heavy atom. The molecule has 0 aliphatic carbocycles. The van der Waals surface area contributed by atoms with Crippen LogP contribution in [-0.2, 0) is 14.8 Å². The number of ether oxygens (including phenoxy) is 1. The highest BCUT2D eigenvalue weighted by atomic mass is 32.2. The summed E-state index contributed by atoms with van der Waals surface area (Å²) in [5.74, 6) is -0.121. The molecule has 0 radical (unpaired) electrons. The number of para-hydroxylation sites is 1. The van der Waals surface area contributed by atoms with E-state index in [0.29, 0.717) is 17.0 Å². The van der Waals surface area contributed by atoms with Gasteiger partial charge in [-0.05, 0) is 61.7 Å². The highest BCUT2D eigenvalue weighted by Crippen LogP contribution is 2.28. The summed E-state index contributed by atoms with van der Waals surface area (Å²) in [5.41, 5.74) is 2.72. The monoisotopic (exact) mass is 409 g/mol. The van der Waals surface area contributed by atoms with Crippen molar-refractivity contribution in [2.75, 3.05) is 10.9 Å². The van der Waals surface area contributed by atoms with E-state index < -0.39 is 22.5 Å². The molecule has 0 fully saturated rings. The number of rotatable bonds is 6. The quantitative estimate of drug-likeness (QED) is 0.605. The molecule has 0 aromatic heterocycles. The molecule has 0 aliphatic heterocycles. The molecule has 6 heteroatoms. The van der Waals surface area contributed by atoms with Crippen LogP contribution in [0.1, 0.15) is 16.7 Å². The molecule has 0 spiro atoms. The molecule has 0 heterocycles. The van der Waals surface area contributed by atoms with Gasteiger partial charge in [-0.25, -0.2) is 8.42 Å². The van der Waals surface area contributed by atoms with Crippen molar-refractivity contribution in [2.24, 2.45) is 0 Å². The molecule has 3 rings (SSSR count). The zero-order chi connectivity index (χ0) is 21.0. The minimum atomic E-state index is -4.10. The number of hydrogen-bond donors (Lipinski definition) is 0. The maximum absolute atomic E-state index is 13.4. The van der Waals surface area contributed by atoms with E-state index in [4.69, 9.17) is 4.74 Å². The van der Waals surface area contributed by atoms with Crippen molar-refractivity contribution in [3.05, 3.63) is 89.5 Å². The topological polar surface area (TPSA) is 63.7 Å². The summed E-state index contributed by atoms with van der Waals surface area (Å²) in [7, 11) is -4.10. The Hall–Kier alpha value is -3.12. The van der Waals surface area contributed by atoms with Crippen molar-refractivity contribution in [1.29, 1.82) is 0 Å². The summed E-state index contributed by atoms with van der Waals surface area (Å²) in [4.78, 5) is 13.2. The maximum Gasteiger partial charge on any atom is 0.278 e. The van der Waals surface area contributed by atoms with E-state index in [-0.39, 0.29) is 4.90 Å². The number of carbonyl (C=O) groups is 1. The average molecular weight is 410 g/mol. The van der Waals surface area contributed by atoms with Gasteiger partial charge in [-0.2, -0.15) is 4.31 Å². The van der Waals surface area contributed by atoms with E-state index in [1.807, 2.05) is 32.0 Å². The second-order valence-corrected chi connectivity index (χ2v) is 8.61. The fourth-order valence-electron chi connectivity index (χ4n) is 2.95. The molecule has 3 aromatic carbocycles. The van der Waals surface area contributed by atoms with Gasteiger partial charge in [0, 0.05) is 0 Å². The van der Waals surface area contributed by atoms with Crippen molar-refractivity contribution >= 4 is 21.6 Å². The molecule has 0 aliphatic rings.